The van der Waals surface area contributed by atoms with Crippen LogP contribution in [0.15, 0.2) is 54.9 Å². The summed E-state index contributed by atoms with van der Waals surface area (Å²) in [5.41, 5.74) is 1.27. The predicted molar refractivity (Wildman–Crippen MR) is 133 cm³/mol. The molecule has 0 fully saturated rings. The molecule has 6 heteroatoms. The summed E-state index contributed by atoms with van der Waals surface area (Å²) in [4.78, 5) is 24.6. The van der Waals surface area contributed by atoms with Gasteiger partial charge in [0.2, 0.25) is 6.54 Å². The van der Waals surface area contributed by atoms with Crippen molar-refractivity contribution in [2.45, 2.75) is 77.7 Å². The Morgan fingerprint density at radius 1 is 0.812 bits per heavy atom. The van der Waals surface area contributed by atoms with Crippen LogP contribution in [-0.4, -0.2) is 18.4 Å². The highest BCUT2D eigenvalue weighted by molar-refractivity contribution is 6.03. The number of halogens is 1. The first-order chi connectivity index (χ1) is 15.2. The molecule has 5 nitrogen and oxygen atoms in total. The van der Waals surface area contributed by atoms with Gasteiger partial charge in [-0.05, 0) is 24.6 Å². The van der Waals surface area contributed by atoms with Crippen LogP contribution >= 0.6 is 12.4 Å². The van der Waals surface area contributed by atoms with E-state index in [-0.39, 0.29) is 30.8 Å². The highest BCUT2D eigenvalue weighted by Crippen LogP contribution is 2.10. The third kappa shape index (κ3) is 11.8. The molecule has 1 heterocycles. The third-order valence-electron chi connectivity index (χ3n) is 5.33. The van der Waals surface area contributed by atoms with Crippen LogP contribution in [0.1, 0.15) is 81.5 Å². The molecule has 0 aliphatic heterocycles. The summed E-state index contributed by atoms with van der Waals surface area (Å²) in [5, 5.41) is 5.85. The van der Waals surface area contributed by atoms with E-state index in [9.17, 15) is 9.59 Å². The lowest BCUT2D eigenvalue weighted by molar-refractivity contribution is -0.684. The Bertz CT molecular complexity index is 784. The second kappa shape index (κ2) is 17.2. The van der Waals surface area contributed by atoms with E-state index >= 15 is 0 Å². The van der Waals surface area contributed by atoms with Gasteiger partial charge in [-0.15, -0.1) is 12.4 Å². The van der Waals surface area contributed by atoms with Crippen molar-refractivity contribution in [1.29, 1.82) is 0 Å². The van der Waals surface area contributed by atoms with Crippen molar-refractivity contribution in [2.24, 2.45) is 0 Å². The average Bonchev–Trinajstić information content (AvgIpc) is 2.78. The molecule has 0 bridgehead atoms. The number of carbonyl (C=O) groups is 2. The number of unbranched alkanes of at least 4 members (excludes halogenated alkanes) is 9. The summed E-state index contributed by atoms with van der Waals surface area (Å²) in [6.45, 7) is 3.18. The summed E-state index contributed by atoms with van der Waals surface area (Å²) in [7, 11) is 0. The van der Waals surface area contributed by atoms with Crippen molar-refractivity contribution in [3.63, 3.8) is 0 Å². The van der Waals surface area contributed by atoms with E-state index in [1.165, 1.54) is 51.4 Å². The van der Waals surface area contributed by atoms with Crippen LogP contribution in [-0.2, 0) is 11.3 Å². The van der Waals surface area contributed by atoms with Gasteiger partial charge in [-0.1, -0.05) is 82.9 Å². The minimum Gasteiger partial charge on any atom is -0.351 e. The number of amides is 2. The minimum absolute atomic E-state index is 0. The van der Waals surface area contributed by atoms with Gasteiger partial charge in [0.05, 0.1) is 0 Å². The topological polar surface area (TPSA) is 62.1 Å². The van der Waals surface area contributed by atoms with Crippen LogP contribution < -0.4 is 15.2 Å². The Hall–Kier alpha value is -2.40. The SMILES string of the molecule is CCCCCCCCCCCCNC(=O)C[n+]1cccc(C(=O)Nc2ccccc2)c1.Cl. The number of benzene rings is 1. The number of rotatable bonds is 15. The Kier molecular flexibility index (Phi) is 14.8. The second-order valence-corrected chi connectivity index (χ2v) is 8.12. The van der Waals surface area contributed by atoms with Crippen molar-refractivity contribution >= 4 is 29.9 Å². The Morgan fingerprint density at radius 2 is 1.44 bits per heavy atom. The molecule has 176 valence electrons. The van der Waals surface area contributed by atoms with Crippen LogP contribution in [0.4, 0.5) is 5.69 Å². The number of nitrogens with one attached hydrogen (secondary N) is 2. The van der Waals surface area contributed by atoms with Crippen LogP contribution in [0.3, 0.4) is 0 Å². The minimum atomic E-state index is -0.189. The van der Waals surface area contributed by atoms with Crippen molar-refractivity contribution < 1.29 is 14.2 Å². The number of anilines is 1. The molecule has 0 aliphatic rings. The van der Waals surface area contributed by atoms with E-state index < -0.39 is 0 Å². The molecule has 32 heavy (non-hydrogen) atoms. The van der Waals surface area contributed by atoms with Crippen LogP contribution in [0.5, 0.6) is 0 Å². The number of pyridine rings is 1. The highest BCUT2D eigenvalue weighted by Gasteiger charge is 2.13. The molecule has 2 rings (SSSR count). The molecule has 0 saturated heterocycles. The van der Waals surface area contributed by atoms with Crippen LogP contribution in [0, 0.1) is 0 Å². The van der Waals surface area contributed by atoms with Gasteiger partial charge in [0.25, 0.3) is 11.8 Å². The molecule has 0 radical (unpaired) electrons. The molecule has 2 N–H and O–H groups in total. The first kappa shape index (κ1) is 27.6. The van der Waals surface area contributed by atoms with E-state index in [0.717, 1.165) is 18.5 Å². The molecule has 1 aromatic carbocycles. The lowest BCUT2D eigenvalue weighted by Crippen LogP contribution is -2.43. The molecule has 1 aromatic heterocycles. The molecule has 0 aliphatic carbocycles. The fourth-order valence-electron chi connectivity index (χ4n) is 3.54. The lowest BCUT2D eigenvalue weighted by Gasteiger charge is -2.05. The maximum absolute atomic E-state index is 12.4. The third-order valence-corrected chi connectivity index (χ3v) is 5.33. The number of para-hydroxylation sites is 1. The zero-order valence-electron chi connectivity index (χ0n) is 19.4. The number of hydrogen-bond donors (Lipinski definition) is 2. The zero-order valence-corrected chi connectivity index (χ0v) is 20.2. The lowest BCUT2D eigenvalue weighted by atomic mass is 10.1. The monoisotopic (exact) mass is 460 g/mol. The Morgan fingerprint density at radius 3 is 2.09 bits per heavy atom. The van der Waals surface area contributed by atoms with Gasteiger partial charge in [-0.2, -0.15) is 4.57 Å². The summed E-state index contributed by atoms with van der Waals surface area (Å²) in [5.74, 6) is -0.215. The van der Waals surface area contributed by atoms with Gasteiger partial charge in [-0.25, -0.2) is 0 Å². The van der Waals surface area contributed by atoms with Gasteiger partial charge < -0.3 is 10.6 Å². The number of hydrogen-bond acceptors (Lipinski definition) is 2. The van der Waals surface area contributed by atoms with Crippen molar-refractivity contribution in [2.75, 3.05) is 11.9 Å². The predicted octanol–water partition coefficient (Wildman–Crippen LogP) is 5.69. The number of aromatic nitrogens is 1. The normalized spacial score (nSPS) is 10.3. The molecule has 0 saturated carbocycles. The summed E-state index contributed by atoms with van der Waals surface area (Å²) < 4.78 is 1.74. The zero-order chi connectivity index (χ0) is 22.2. The first-order valence-corrected chi connectivity index (χ1v) is 11.8. The van der Waals surface area contributed by atoms with Gasteiger partial charge in [-0.3, -0.25) is 9.59 Å². The quantitative estimate of drug-likeness (QED) is 0.265. The summed E-state index contributed by atoms with van der Waals surface area (Å²) in [6, 6.07) is 12.9. The average molecular weight is 461 g/mol. The molecule has 0 atom stereocenters. The van der Waals surface area contributed by atoms with Crippen molar-refractivity contribution in [3.8, 4) is 0 Å². The maximum Gasteiger partial charge on any atom is 0.285 e. The fraction of sp³-hybridized carbons (Fsp3) is 0.500. The van der Waals surface area contributed by atoms with E-state index in [2.05, 4.69) is 17.6 Å². The summed E-state index contributed by atoms with van der Waals surface area (Å²) in [6.07, 6.45) is 16.4. The van der Waals surface area contributed by atoms with Gasteiger partial charge in [0.1, 0.15) is 5.56 Å². The van der Waals surface area contributed by atoms with E-state index in [4.69, 9.17) is 0 Å². The molecule has 2 aromatic rings. The van der Waals surface area contributed by atoms with Gasteiger partial charge in [0.15, 0.2) is 12.4 Å². The van der Waals surface area contributed by atoms with E-state index in [1.807, 2.05) is 30.3 Å². The largest absolute Gasteiger partial charge is 0.351 e. The fourth-order valence-corrected chi connectivity index (χ4v) is 3.54. The molecular formula is C26H39ClN3O2+. The van der Waals surface area contributed by atoms with Crippen molar-refractivity contribution in [1.82, 2.24) is 5.32 Å². The molecular weight excluding hydrogens is 422 g/mol. The van der Waals surface area contributed by atoms with E-state index in [1.54, 1.807) is 29.1 Å². The maximum atomic E-state index is 12.4. The smallest absolute Gasteiger partial charge is 0.285 e. The molecule has 0 spiro atoms. The Labute approximate surface area is 199 Å². The van der Waals surface area contributed by atoms with Crippen LogP contribution in [0.2, 0.25) is 0 Å². The van der Waals surface area contributed by atoms with Gasteiger partial charge in [0, 0.05) is 18.3 Å². The molecule has 0 unspecified atom stereocenters. The Balaban J connectivity index is 0.00000512. The number of carbonyl (C=O) groups excluding carboxylic acids is 2. The second-order valence-electron chi connectivity index (χ2n) is 8.12. The van der Waals surface area contributed by atoms with Crippen molar-refractivity contribution in [3.05, 3.63) is 60.4 Å². The van der Waals surface area contributed by atoms with Crippen LogP contribution in [0.25, 0.3) is 0 Å². The summed E-state index contributed by atoms with van der Waals surface area (Å²) >= 11 is 0. The first-order valence-electron chi connectivity index (χ1n) is 11.8. The highest BCUT2D eigenvalue weighted by atomic mass is 35.5. The van der Waals surface area contributed by atoms with E-state index in [0.29, 0.717) is 12.1 Å². The van der Waals surface area contributed by atoms with Gasteiger partial charge >= 0.3 is 0 Å². The standard InChI is InChI=1S/C26H37N3O2.ClH/c1-2-3-4-5-6-7-8-9-10-14-19-27-25(30)22-29-20-15-16-23(21-29)26(31)28-24-17-12-11-13-18-24;/h11-13,15-18,20-21H,2-10,14,19,22H2,1H3,(H-,27,28,30,31);1H/p+1. The number of nitrogens with zero attached hydrogens (tertiary/aromatic N) is 1. The molecule has 2 amide bonds.